The Morgan fingerprint density at radius 2 is 1.90 bits per heavy atom. The van der Waals surface area contributed by atoms with Crippen LogP contribution in [0.4, 0.5) is 0 Å². The molecule has 20 heavy (non-hydrogen) atoms. The number of aryl methyl sites for hydroxylation is 2. The minimum Gasteiger partial charge on any atom is -0.479 e. The number of fused-ring (bicyclic) bond motifs is 1. The van der Waals surface area contributed by atoms with Crippen LogP contribution in [0, 0.1) is 20.8 Å². The molecule has 0 amide bonds. The quantitative estimate of drug-likeness (QED) is 0.872. The molecule has 5 heteroatoms. The molecular weight excluding hydrogens is 260 g/mol. The molecule has 0 saturated carbocycles. The third kappa shape index (κ3) is 2.39. The molecule has 0 saturated heterocycles. The van der Waals surface area contributed by atoms with Gasteiger partial charge < -0.3 is 14.3 Å². The second kappa shape index (κ2) is 5.00. The predicted molar refractivity (Wildman–Crippen MR) is 74.4 cm³/mol. The Bertz CT molecular complexity index is 742. The van der Waals surface area contributed by atoms with Crippen LogP contribution in [-0.4, -0.2) is 17.2 Å². The summed E-state index contributed by atoms with van der Waals surface area (Å²) in [5.41, 5.74) is 2.08. The topological polar surface area (TPSA) is 76.7 Å². The molecule has 1 aromatic carbocycles. The first-order chi connectivity index (χ1) is 9.31. The number of aliphatic carboxylic acids is 1. The lowest BCUT2D eigenvalue weighted by molar-refractivity contribution is -0.144. The van der Waals surface area contributed by atoms with Gasteiger partial charge in [0.25, 0.3) is 0 Å². The van der Waals surface area contributed by atoms with Gasteiger partial charge in [-0.1, -0.05) is 0 Å². The van der Waals surface area contributed by atoms with E-state index >= 15 is 0 Å². The summed E-state index contributed by atoms with van der Waals surface area (Å²) < 4.78 is 10.7. The zero-order chi connectivity index (χ0) is 15.0. The van der Waals surface area contributed by atoms with Crippen LogP contribution in [0.1, 0.15) is 23.6 Å². The minimum absolute atomic E-state index is 0.391. The Balaban J connectivity index is 2.73. The van der Waals surface area contributed by atoms with Gasteiger partial charge in [0, 0.05) is 5.56 Å². The molecule has 0 spiro atoms. The fourth-order valence-electron chi connectivity index (χ4n) is 2.02. The smallest absolute Gasteiger partial charge is 0.344 e. The number of hydrogen-bond acceptors (Lipinski definition) is 4. The summed E-state index contributed by atoms with van der Waals surface area (Å²) in [5.74, 6) is -0.634. The maximum atomic E-state index is 11.7. The predicted octanol–water partition coefficient (Wildman–Crippen LogP) is 2.57. The summed E-state index contributed by atoms with van der Waals surface area (Å²) >= 11 is 0. The second-order valence-electron chi connectivity index (χ2n) is 4.87. The molecule has 0 fully saturated rings. The highest BCUT2D eigenvalue weighted by molar-refractivity contribution is 5.88. The van der Waals surface area contributed by atoms with E-state index in [9.17, 15) is 9.59 Å². The molecule has 1 atom stereocenters. The third-order valence-electron chi connectivity index (χ3n) is 3.31. The first-order valence-corrected chi connectivity index (χ1v) is 6.25. The maximum absolute atomic E-state index is 11.7. The Hall–Kier alpha value is -2.30. The maximum Gasteiger partial charge on any atom is 0.344 e. The van der Waals surface area contributed by atoms with Crippen molar-refractivity contribution in [2.75, 3.05) is 0 Å². The van der Waals surface area contributed by atoms with Crippen LogP contribution in [0.15, 0.2) is 21.3 Å². The number of rotatable bonds is 3. The first kappa shape index (κ1) is 14.1. The van der Waals surface area contributed by atoms with Gasteiger partial charge in [-0.15, -0.1) is 0 Å². The molecule has 106 valence electrons. The zero-order valence-corrected chi connectivity index (χ0v) is 11.8. The van der Waals surface area contributed by atoms with Crippen LogP contribution < -0.4 is 10.4 Å². The Kier molecular flexibility index (Phi) is 3.53. The van der Waals surface area contributed by atoms with E-state index in [1.807, 2.05) is 6.92 Å². The molecule has 5 nitrogen and oxygen atoms in total. The Morgan fingerprint density at radius 3 is 2.50 bits per heavy atom. The number of hydrogen-bond donors (Lipinski definition) is 1. The lowest BCUT2D eigenvalue weighted by Gasteiger charge is -2.15. The largest absolute Gasteiger partial charge is 0.479 e. The molecule has 0 aliphatic rings. The summed E-state index contributed by atoms with van der Waals surface area (Å²) in [6.45, 7) is 6.75. The molecule has 1 heterocycles. The van der Waals surface area contributed by atoms with E-state index in [0.717, 1.165) is 11.1 Å². The van der Waals surface area contributed by atoms with Gasteiger partial charge >= 0.3 is 11.6 Å². The molecule has 0 bridgehead atoms. The molecule has 1 aromatic heterocycles. The second-order valence-corrected chi connectivity index (χ2v) is 4.87. The van der Waals surface area contributed by atoms with E-state index < -0.39 is 17.7 Å². The molecule has 1 N–H and O–H groups in total. The van der Waals surface area contributed by atoms with E-state index in [-0.39, 0.29) is 0 Å². The molecule has 0 aliphatic heterocycles. The third-order valence-corrected chi connectivity index (χ3v) is 3.31. The van der Waals surface area contributed by atoms with E-state index in [2.05, 4.69) is 0 Å². The normalized spacial score (nSPS) is 12.4. The van der Waals surface area contributed by atoms with Gasteiger partial charge in [0.2, 0.25) is 0 Å². The summed E-state index contributed by atoms with van der Waals surface area (Å²) in [7, 11) is 0. The van der Waals surface area contributed by atoms with Crippen LogP contribution in [0.25, 0.3) is 11.0 Å². The van der Waals surface area contributed by atoms with Crippen molar-refractivity contribution in [3.05, 3.63) is 39.2 Å². The van der Waals surface area contributed by atoms with Gasteiger partial charge in [-0.3, -0.25) is 0 Å². The Morgan fingerprint density at radius 1 is 1.25 bits per heavy atom. The average Bonchev–Trinajstić information content (AvgIpc) is 2.35. The summed E-state index contributed by atoms with van der Waals surface area (Å²) in [6, 6.07) is 3.48. The highest BCUT2D eigenvalue weighted by Crippen LogP contribution is 2.31. The van der Waals surface area contributed by atoms with Crippen molar-refractivity contribution in [3.63, 3.8) is 0 Å². The number of carboxylic acids is 1. The van der Waals surface area contributed by atoms with Crippen LogP contribution in [0.5, 0.6) is 5.75 Å². The number of ether oxygens (including phenoxy) is 1. The van der Waals surface area contributed by atoms with Crippen molar-refractivity contribution >= 4 is 16.9 Å². The van der Waals surface area contributed by atoms with Crippen LogP contribution in [0.2, 0.25) is 0 Å². The lowest BCUT2D eigenvalue weighted by atomic mass is 10.0. The fraction of sp³-hybridized carbons (Fsp3) is 0.333. The van der Waals surface area contributed by atoms with Crippen LogP contribution in [-0.2, 0) is 4.79 Å². The van der Waals surface area contributed by atoms with Gasteiger partial charge in [-0.25, -0.2) is 9.59 Å². The molecule has 2 rings (SSSR count). The molecule has 0 aliphatic carbocycles. The van der Waals surface area contributed by atoms with Crippen LogP contribution >= 0.6 is 0 Å². The number of carbonyl (C=O) groups is 1. The summed E-state index contributed by atoms with van der Waals surface area (Å²) in [4.78, 5) is 22.6. The van der Waals surface area contributed by atoms with E-state index in [1.165, 1.54) is 6.92 Å². The van der Waals surface area contributed by atoms with Crippen molar-refractivity contribution in [3.8, 4) is 5.75 Å². The minimum atomic E-state index is -1.05. The van der Waals surface area contributed by atoms with E-state index in [1.54, 1.807) is 26.0 Å². The zero-order valence-electron chi connectivity index (χ0n) is 11.8. The van der Waals surface area contributed by atoms with Crippen LogP contribution in [0.3, 0.4) is 0 Å². The molecule has 0 radical (unpaired) electrons. The van der Waals surface area contributed by atoms with Gasteiger partial charge in [0.1, 0.15) is 11.3 Å². The molecular formula is C15H16O5. The summed E-state index contributed by atoms with van der Waals surface area (Å²) in [6.07, 6.45) is -0.980. The lowest BCUT2D eigenvalue weighted by Crippen LogP contribution is -2.23. The van der Waals surface area contributed by atoms with Crippen molar-refractivity contribution < 1.29 is 19.1 Å². The number of carboxylic acid groups (broad SMARTS) is 1. The Labute approximate surface area is 115 Å². The van der Waals surface area contributed by atoms with E-state index in [4.69, 9.17) is 14.3 Å². The highest BCUT2D eigenvalue weighted by atomic mass is 16.5. The van der Waals surface area contributed by atoms with Gasteiger partial charge in [0.05, 0.1) is 5.39 Å². The standard InChI is InChI=1S/C15H16O5/c1-7-5-11(19-10(4)14(16)17)13-8(2)9(3)15(18)20-12(13)6-7/h5-6,10H,1-4H3,(H,16,17)/t10-/m0/s1. The van der Waals surface area contributed by atoms with Crippen molar-refractivity contribution in [1.82, 2.24) is 0 Å². The average molecular weight is 276 g/mol. The SMILES string of the molecule is Cc1cc(O[C@@H](C)C(=O)O)c2c(C)c(C)c(=O)oc2c1. The molecule has 2 aromatic rings. The van der Waals surface area contributed by atoms with E-state index in [0.29, 0.717) is 22.3 Å². The number of benzene rings is 1. The first-order valence-electron chi connectivity index (χ1n) is 6.25. The monoisotopic (exact) mass is 276 g/mol. The molecule has 0 unspecified atom stereocenters. The van der Waals surface area contributed by atoms with Gasteiger partial charge in [-0.05, 0) is 51.0 Å². The van der Waals surface area contributed by atoms with Crippen molar-refractivity contribution in [2.45, 2.75) is 33.8 Å². The van der Waals surface area contributed by atoms with Gasteiger partial charge in [0.15, 0.2) is 6.10 Å². The van der Waals surface area contributed by atoms with Crippen molar-refractivity contribution in [1.29, 1.82) is 0 Å². The summed E-state index contributed by atoms with van der Waals surface area (Å²) in [5, 5.41) is 9.59. The fourth-order valence-corrected chi connectivity index (χ4v) is 2.02. The van der Waals surface area contributed by atoms with Gasteiger partial charge in [-0.2, -0.15) is 0 Å². The highest BCUT2D eigenvalue weighted by Gasteiger charge is 2.18. The van der Waals surface area contributed by atoms with Crippen molar-refractivity contribution in [2.24, 2.45) is 0 Å².